The van der Waals surface area contributed by atoms with E-state index in [-0.39, 0.29) is 5.78 Å². The Morgan fingerprint density at radius 1 is 1.31 bits per heavy atom. The number of carbonyl (C=O) groups is 1. The number of hydrogen-bond donors (Lipinski definition) is 0. The van der Waals surface area contributed by atoms with Crippen molar-refractivity contribution in [2.75, 3.05) is 31.2 Å². The summed E-state index contributed by atoms with van der Waals surface area (Å²) in [6, 6.07) is 5.99. The van der Waals surface area contributed by atoms with Crippen molar-refractivity contribution in [3.05, 3.63) is 29.3 Å². The lowest BCUT2D eigenvalue weighted by atomic mass is 10.1. The molecule has 0 unspecified atom stereocenters. The van der Waals surface area contributed by atoms with Gasteiger partial charge in [-0.25, -0.2) is 0 Å². The van der Waals surface area contributed by atoms with Crippen LogP contribution in [0.15, 0.2) is 18.2 Å². The van der Waals surface area contributed by atoms with E-state index < -0.39 is 0 Å². The second-order valence-corrected chi connectivity index (χ2v) is 4.18. The lowest BCUT2D eigenvalue weighted by Crippen LogP contribution is -2.37. The van der Waals surface area contributed by atoms with E-state index in [0.29, 0.717) is 0 Å². The fraction of sp³-hybridized carbons (Fsp3) is 0.462. The Morgan fingerprint density at radius 2 is 2.00 bits per heavy atom. The molecule has 1 aromatic carbocycles. The van der Waals surface area contributed by atoms with Gasteiger partial charge in [0.25, 0.3) is 0 Å². The molecule has 1 heterocycles. The van der Waals surface area contributed by atoms with Crippen LogP contribution < -0.4 is 4.90 Å². The summed E-state index contributed by atoms with van der Waals surface area (Å²) in [6.45, 7) is 6.88. The summed E-state index contributed by atoms with van der Waals surface area (Å²) in [5.74, 6) is 0.126. The number of rotatable bonds is 2. The average molecular weight is 219 g/mol. The van der Waals surface area contributed by atoms with E-state index in [1.54, 1.807) is 6.92 Å². The number of anilines is 1. The summed E-state index contributed by atoms with van der Waals surface area (Å²) in [5, 5.41) is 0. The number of ketones is 1. The molecule has 0 aromatic heterocycles. The highest BCUT2D eigenvalue weighted by atomic mass is 16.5. The van der Waals surface area contributed by atoms with Crippen molar-refractivity contribution in [3.8, 4) is 0 Å². The minimum atomic E-state index is 0.126. The second-order valence-electron chi connectivity index (χ2n) is 4.18. The molecule has 0 saturated carbocycles. The van der Waals surface area contributed by atoms with Crippen molar-refractivity contribution in [2.24, 2.45) is 0 Å². The number of aryl methyl sites for hydroxylation is 1. The number of nitrogens with zero attached hydrogens (tertiary/aromatic N) is 1. The Balaban J connectivity index is 2.36. The van der Waals surface area contributed by atoms with Crippen molar-refractivity contribution in [1.82, 2.24) is 0 Å². The third-order valence-electron chi connectivity index (χ3n) is 2.88. The molecule has 0 radical (unpaired) electrons. The van der Waals surface area contributed by atoms with E-state index in [1.165, 1.54) is 5.56 Å². The van der Waals surface area contributed by atoms with E-state index in [1.807, 2.05) is 19.1 Å². The Labute approximate surface area is 96.0 Å². The van der Waals surface area contributed by atoms with Gasteiger partial charge in [-0.3, -0.25) is 4.79 Å². The molecule has 0 aliphatic carbocycles. The minimum absolute atomic E-state index is 0.126. The minimum Gasteiger partial charge on any atom is -0.378 e. The molecule has 3 nitrogen and oxygen atoms in total. The molecule has 0 atom stereocenters. The highest BCUT2D eigenvalue weighted by Gasteiger charge is 2.16. The molecule has 0 amide bonds. The summed E-state index contributed by atoms with van der Waals surface area (Å²) in [5.41, 5.74) is 3.05. The zero-order chi connectivity index (χ0) is 11.5. The fourth-order valence-electron chi connectivity index (χ4n) is 2.01. The number of hydrogen-bond acceptors (Lipinski definition) is 3. The number of morpholine rings is 1. The Kier molecular flexibility index (Phi) is 3.25. The Bertz CT molecular complexity index is 395. The van der Waals surface area contributed by atoms with Crippen LogP contribution in [0.1, 0.15) is 22.8 Å². The molecule has 0 bridgehead atoms. The van der Waals surface area contributed by atoms with Crippen LogP contribution in [-0.2, 0) is 4.74 Å². The van der Waals surface area contributed by atoms with Crippen molar-refractivity contribution < 1.29 is 9.53 Å². The van der Waals surface area contributed by atoms with Gasteiger partial charge < -0.3 is 9.64 Å². The molecule has 3 heteroatoms. The summed E-state index contributed by atoms with van der Waals surface area (Å²) in [4.78, 5) is 13.8. The molecule has 86 valence electrons. The number of ether oxygens (including phenoxy) is 1. The van der Waals surface area contributed by atoms with Gasteiger partial charge in [0.1, 0.15) is 0 Å². The monoisotopic (exact) mass is 219 g/mol. The Morgan fingerprint density at radius 3 is 2.62 bits per heavy atom. The maximum atomic E-state index is 11.6. The fourth-order valence-corrected chi connectivity index (χ4v) is 2.01. The predicted octanol–water partition coefficient (Wildman–Crippen LogP) is 2.03. The molecular weight excluding hydrogens is 202 g/mol. The van der Waals surface area contributed by atoms with Crippen LogP contribution in [0.3, 0.4) is 0 Å². The lowest BCUT2D eigenvalue weighted by molar-refractivity contribution is 0.101. The van der Waals surface area contributed by atoms with Gasteiger partial charge in [0.05, 0.1) is 13.2 Å². The third kappa shape index (κ3) is 2.25. The van der Waals surface area contributed by atoms with Gasteiger partial charge in [-0.2, -0.15) is 0 Å². The van der Waals surface area contributed by atoms with Crippen LogP contribution in [0, 0.1) is 6.92 Å². The van der Waals surface area contributed by atoms with Crippen LogP contribution in [0.25, 0.3) is 0 Å². The second kappa shape index (κ2) is 4.66. The number of carbonyl (C=O) groups excluding carboxylic acids is 1. The summed E-state index contributed by atoms with van der Waals surface area (Å²) < 4.78 is 5.33. The van der Waals surface area contributed by atoms with Crippen molar-refractivity contribution in [2.45, 2.75) is 13.8 Å². The molecule has 1 saturated heterocycles. The SMILES string of the molecule is CC(=O)c1ccc(C)cc1N1CCOCC1. The Hall–Kier alpha value is -1.35. The maximum absolute atomic E-state index is 11.6. The smallest absolute Gasteiger partial charge is 0.161 e. The molecule has 0 N–H and O–H groups in total. The first-order valence-electron chi connectivity index (χ1n) is 5.63. The van der Waals surface area contributed by atoms with E-state index in [2.05, 4.69) is 11.0 Å². The van der Waals surface area contributed by atoms with Gasteiger partial charge in [0, 0.05) is 24.3 Å². The van der Waals surface area contributed by atoms with E-state index in [0.717, 1.165) is 37.6 Å². The largest absolute Gasteiger partial charge is 0.378 e. The zero-order valence-corrected chi connectivity index (χ0v) is 9.82. The first-order valence-corrected chi connectivity index (χ1v) is 5.63. The predicted molar refractivity (Wildman–Crippen MR) is 64.2 cm³/mol. The molecule has 1 fully saturated rings. The average Bonchev–Trinajstić information content (AvgIpc) is 2.29. The van der Waals surface area contributed by atoms with E-state index >= 15 is 0 Å². The van der Waals surface area contributed by atoms with Gasteiger partial charge in [-0.05, 0) is 31.5 Å². The van der Waals surface area contributed by atoms with Crippen LogP contribution in [-0.4, -0.2) is 32.1 Å². The molecule has 0 spiro atoms. The van der Waals surface area contributed by atoms with Crippen LogP contribution in [0.4, 0.5) is 5.69 Å². The van der Waals surface area contributed by atoms with Crippen LogP contribution >= 0.6 is 0 Å². The van der Waals surface area contributed by atoms with Crippen molar-refractivity contribution in [1.29, 1.82) is 0 Å². The highest BCUT2D eigenvalue weighted by molar-refractivity contribution is 5.99. The molecule has 2 rings (SSSR count). The number of benzene rings is 1. The van der Waals surface area contributed by atoms with Crippen molar-refractivity contribution >= 4 is 11.5 Å². The first-order chi connectivity index (χ1) is 7.68. The van der Waals surface area contributed by atoms with Crippen LogP contribution in [0.5, 0.6) is 0 Å². The molecule has 1 aliphatic rings. The standard InChI is InChI=1S/C13H17NO2/c1-10-3-4-12(11(2)15)13(9-10)14-5-7-16-8-6-14/h3-4,9H,5-8H2,1-2H3. The van der Waals surface area contributed by atoms with Gasteiger partial charge in [-0.15, -0.1) is 0 Å². The zero-order valence-electron chi connectivity index (χ0n) is 9.82. The molecule has 16 heavy (non-hydrogen) atoms. The van der Waals surface area contributed by atoms with Crippen LogP contribution in [0.2, 0.25) is 0 Å². The summed E-state index contributed by atoms with van der Waals surface area (Å²) in [7, 11) is 0. The summed E-state index contributed by atoms with van der Waals surface area (Å²) >= 11 is 0. The van der Waals surface area contributed by atoms with Gasteiger partial charge in [-0.1, -0.05) is 6.07 Å². The number of Topliss-reactive ketones (excluding diaryl/α,β-unsaturated/α-hetero) is 1. The topological polar surface area (TPSA) is 29.5 Å². The lowest BCUT2D eigenvalue weighted by Gasteiger charge is -2.30. The highest BCUT2D eigenvalue weighted by Crippen LogP contribution is 2.23. The van der Waals surface area contributed by atoms with E-state index in [9.17, 15) is 4.79 Å². The maximum Gasteiger partial charge on any atom is 0.161 e. The first kappa shape index (κ1) is 11.1. The molecule has 1 aromatic rings. The van der Waals surface area contributed by atoms with Gasteiger partial charge in [0.15, 0.2) is 5.78 Å². The third-order valence-corrected chi connectivity index (χ3v) is 2.88. The van der Waals surface area contributed by atoms with Crippen molar-refractivity contribution in [3.63, 3.8) is 0 Å². The van der Waals surface area contributed by atoms with Gasteiger partial charge >= 0.3 is 0 Å². The van der Waals surface area contributed by atoms with Gasteiger partial charge in [0.2, 0.25) is 0 Å². The summed E-state index contributed by atoms with van der Waals surface area (Å²) in [6.07, 6.45) is 0. The molecule has 1 aliphatic heterocycles. The van der Waals surface area contributed by atoms with E-state index in [4.69, 9.17) is 4.74 Å². The normalized spacial score (nSPS) is 16.2. The quantitative estimate of drug-likeness (QED) is 0.713. The molecular formula is C13H17NO2.